The van der Waals surface area contributed by atoms with Crippen LogP contribution in [0.5, 0.6) is 0 Å². The fraction of sp³-hybridized carbons (Fsp3) is 0.263. The summed E-state index contributed by atoms with van der Waals surface area (Å²) >= 11 is 1.29. The van der Waals surface area contributed by atoms with E-state index in [0.29, 0.717) is 5.69 Å². The van der Waals surface area contributed by atoms with Crippen molar-refractivity contribution in [3.05, 3.63) is 60.2 Å². The molecule has 1 atom stereocenters. The third-order valence-corrected chi connectivity index (χ3v) is 5.06. The second kappa shape index (κ2) is 8.62. The Bertz CT molecular complexity index is 765. The monoisotopic (exact) mass is 374 g/mol. The van der Waals surface area contributed by atoms with Gasteiger partial charge < -0.3 is 20.9 Å². The molecule has 0 heterocycles. The predicted molar refractivity (Wildman–Crippen MR) is 102 cm³/mol. The van der Waals surface area contributed by atoms with Gasteiger partial charge in [-0.1, -0.05) is 42.5 Å². The molecular weight excluding hydrogens is 352 g/mol. The fourth-order valence-electron chi connectivity index (χ4n) is 2.33. The zero-order valence-corrected chi connectivity index (χ0v) is 15.5. The van der Waals surface area contributed by atoms with Gasteiger partial charge in [0.25, 0.3) is 0 Å². The molecule has 0 bridgehead atoms. The number of hydrogen-bond acceptors (Lipinski definition) is 5. The molecule has 138 valence electrons. The van der Waals surface area contributed by atoms with E-state index >= 15 is 0 Å². The number of carboxylic acids is 1. The second-order valence-corrected chi connectivity index (χ2v) is 7.92. The van der Waals surface area contributed by atoms with Gasteiger partial charge in [-0.25, -0.2) is 9.59 Å². The van der Waals surface area contributed by atoms with Crippen LogP contribution in [0.2, 0.25) is 0 Å². The van der Waals surface area contributed by atoms with Crippen molar-refractivity contribution in [2.75, 3.05) is 5.73 Å². The molecule has 0 aliphatic heterocycles. The first-order chi connectivity index (χ1) is 12.3. The van der Waals surface area contributed by atoms with E-state index in [9.17, 15) is 14.7 Å². The number of ether oxygens (including phenoxy) is 1. The van der Waals surface area contributed by atoms with E-state index in [2.05, 4.69) is 5.32 Å². The van der Waals surface area contributed by atoms with E-state index in [1.165, 1.54) is 11.8 Å². The molecule has 0 unspecified atom stereocenters. The second-order valence-electron chi connectivity index (χ2n) is 6.22. The maximum atomic E-state index is 12.1. The van der Waals surface area contributed by atoms with Gasteiger partial charge in [-0.3, -0.25) is 0 Å². The molecule has 1 amide bonds. The molecule has 0 aromatic heterocycles. The highest BCUT2D eigenvalue weighted by molar-refractivity contribution is 8.00. The van der Waals surface area contributed by atoms with Crippen LogP contribution in [0.1, 0.15) is 19.4 Å². The highest BCUT2D eigenvalue weighted by atomic mass is 32.2. The Morgan fingerprint density at radius 3 is 2.38 bits per heavy atom. The number of amides is 1. The lowest BCUT2D eigenvalue weighted by Crippen LogP contribution is -2.52. The Balaban J connectivity index is 2.03. The first-order valence-electron chi connectivity index (χ1n) is 8.03. The third kappa shape index (κ3) is 5.42. The Hall–Kier alpha value is -2.67. The molecule has 2 rings (SSSR count). The molecule has 0 radical (unpaired) electrons. The lowest BCUT2D eigenvalue weighted by Gasteiger charge is -2.31. The van der Waals surface area contributed by atoms with Gasteiger partial charge in [0, 0.05) is 15.3 Å². The molecule has 2 aromatic carbocycles. The summed E-state index contributed by atoms with van der Waals surface area (Å²) in [6.07, 6.45) is -0.782. The minimum Gasteiger partial charge on any atom is -0.480 e. The highest BCUT2D eigenvalue weighted by Gasteiger charge is 2.38. The van der Waals surface area contributed by atoms with Gasteiger partial charge in [0.2, 0.25) is 0 Å². The minimum atomic E-state index is -1.16. The summed E-state index contributed by atoms with van der Waals surface area (Å²) in [6.45, 7) is 3.54. The number of benzene rings is 2. The summed E-state index contributed by atoms with van der Waals surface area (Å²) in [7, 11) is 0. The molecule has 0 saturated heterocycles. The number of nitrogen functional groups attached to an aromatic ring is 1. The quantitative estimate of drug-likeness (QED) is 0.506. The number of para-hydroxylation sites is 1. The van der Waals surface area contributed by atoms with E-state index < -0.39 is 22.9 Å². The fourth-order valence-corrected chi connectivity index (χ4v) is 3.51. The molecule has 0 aliphatic carbocycles. The van der Waals surface area contributed by atoms with Crippen molar-refractivity contribution in [1.29, 1.82) is 0 Å². The van der Waals surface area contributed by atoms with Crippen LogP contribution in [0, 0.1) is 0 Å². The Morgan fingerprint density at radius 1 is 1.15 bits per heavy atom. The number of rotatable bonds is 7. The zero-order valence-electron chi connectivity index (χ0n) is 14.6. The molecule has 0 fully saturated rings. The highest BCUT2D eigenvalue weighted by Crippen LogP contribution is 2.38. The average Bonchev–Trinajstić information content (AvgIpc) is 2.60. The number of carbonyl (C=O) groups excluding carboxylic acids is 1. The Labute approximate surface area is 156 Å². The Kier molecular flexibility index (Phi) is 6.52. The largest absolute Gasteiger partial charge is 0.480 e. The van der Waals surface area contributed by atoms with E-state index in [0.717, 1.165) is 10.5 Å². The van der Waals surface area contributed by atoms with Gasteiger partial charge in [0.1, 0.15) is 12.6 Å². The van der Waals surface area contributed by atoms with E-state index in [1.807, 2.05) is 42.5 Å². The molecule has 26 heavy (non-hydrogen) atoms. The van der Waals surface area contributed by atoms with Crippen LogP contribution in [0.25, 0.3) is 0 Å². The number of carboxylic acid groups (broad SMARTS) is 1. The summed E-state index contributed by atoms with van der Waals surface area (Å²) in [6, 6.07) is 15.2. The van der Waals surface area contributed by atoms with E-state index in [1.54, 1.807) is 26.0 Å². The van der Waals surface area contributed by atoms with Crippen LogP contribution in [0.4, 0.5) is 10.5 Å². The van der Waals surface area contributed by atoms with Crippen LogP contribution in [0.15, 0.2) is 59.5 Å². The van der Waals surface area contributed by atoms with Gasteiger partial charge in [0.15, 0.2) is 0 Å². The number of anilines is 1. The molecule has 7 heteroatoms. The number of aliphatic carboxylic acids is 1. The van der Waals surface area contributed by atoms with Crippen molar-refractivity contribution in [3.63, 3.8) is 0 Å². The number of hydrogen-bond donors (Lipinski definition) is 3. The smallest absolute Gasteiger partial charge is 0.408 e. The molecule has 6 nitrogen and oxygen atoms in total. The molecule has 0 aliphatic rings. The van der Waals surface area contributed by atoms with Gasteiger partial charge >= 0.3 is 12.1 Å². The minimum absolute atomic E-state index is 0.0677. The lowest BCUT2D eigenvalue weighted by molar-refractivity contribution is -0.140. The summed E-state index contributed by atoms with van der Waals surface area (Å²) in [5, 5.41) is 12.0. The summed E-state index contributed by atoms with van der Waals surface area (Å²) in [4.78, 5) is 24.5. The SMILES string of the molecule is CC(C)(Sc1ccccc1N)[C@H](NC(=O)OCc1ccccc1)C(=O)O. The van der Waals surface area contributed by atoms with E-state index in [4.69, 9.17) is 10.5 Å². The van der Waals surface area contributed by atoms with Crippen molar-refractivity contribution in [2.45, 2.75) is 36.1 Å². The van der Waals surface area contributed by atoms with Crippen LogP contribution in [-0.2, 0) is 16.1 Å². The van der Waals surface area contributed by atoms with Gasteiger partial charge in [-0.05, 0) is 31.5 Å². The van der Waals surface area contributed by atoms with Crippen molar-refractivity contribution in [1.82, 2.24) is 5.32 Å². The number of nitrogens with two attached hydrogens (primary N) is 1. The van der Waals surface area contributed by atoms with E-state index in [-0.39, 0.29) is 6.61 Å². The molecule has 4 N–H and O–H groups in total. The average molecular weight is 374 g/mol. The number of thioether (sulfide) groups is 1. The van der Waals surface area contributed by atoms with Gasteiger partial charge in [0.05, 0.1) is 0 Å². The molecular formula is C19H22N2O4S. The molecule has 0 saturated carbocycles. The summed E-state index contributed by atoms with van der Waals surface area (Å²) in [5.41, 5.74) is 7.31. The van der Waals surface area contributed by atoms with Crippen LogP contribution >= 0.6 is 11.8 Å². The zero-order chi connectivity index (χ0) is 19.2. The lowest BCUT2D eigenvalue weighted by atomic mass is 10.0. The number of nitrogens with one attached hydrogen (secondary N) is 1. The van der Waals surface area contributed by atoms with Crippen molar-refractivity contribution in [2.24, 2.45) is 0 Å². The first kappa shape index (κ1) is 19.7. The van der Waals surface area contributed by atoms with Crippen LogP contribution in [0.3, 0.4) is 0 Å². The normalized spacial score (nSPS) is 12.2. The summed E-state index contributed by atoms with van der Waals surface area (Å²) < 4.78 is 4.28. The van der Waals surface area contributed by atoms with Gasteiger partial charge in [-0.2, -0.15) is 0 Å². The third-order valence-electron chi connectivity index (χ3n) is 3.71. The van der Waals surface area contributed by atoms with Crippen molar-refractivity contribution in [3.8, 4) is 0 Å². The van der Waals surface area contributed by atoms with Crippen molar-refractivity contribution < 1.29 is 19.4 Å². The number of alkyl carbamates (subject to hydrolysis) is 1. The topological polar surface area (TPSA) is 102 Å². The maximum absolute atomic E-state index is 12.1. The summed E-state index contributed by atoms with van der Waals surface area (Å²) in [5.74, 6) is -1.14. The van der Waals surface area contributed by atoms with Crippen LogP contribution < -0.4 is 11.1 Å². The maximum Gasteiger partial charge on any atom is 0.408 e. The van der Waals surface area contributed by atoms with Gasteiger partial charge in [-0.15, -0.1) is 11.8 Å². The van der Waals surface area contributed by atoms with Crippen LogP contribution in [-0.4, -0.2) is 28.0 Å². The first-order valence-corrected chi connectivity index (χ1v) is 8.85. The number of carbonyl (C=O) groups is 2. The van der Waals surface area contributed by atoms with Crippen molar-refractivity contribution >= 4 is 29.5 Å². The molecule has 2 aromatic rings. The molecule has 0 spiro atoms. The predicted octanol–water partition coefficient (Wildman–Crippen LogP) is 3.52. The standard InChI is InChI=1S/C19H22N2O4S/c1-19(2,26-15-11-7-6-10-14(15)20)16(17(22)23)21-18(24)25-12-13-8-4-3-5-9-13/h3-11,16H,12,20H2,1-2H3,(H,21,24)(H,22,23)/t16-/m1/s1. The Morgan fingerprint density at radius 2 is 1.77 bits per heavy atom.